The van der Waals surface area contributed by atoms with Gasteiger partial charge in [0.05, 0.1) is 0 Å². The van der Waals surface area contributed by atoms with Crippen molar-refractivity contribution in [3.63, 3.8) is 0 Å². The van der Waals surface area contributed by atoms with Crippen molar-refractivity contribution in [2.24, 2.45) is 0 Å². The van der Waals surface area contributed by atoms with Gasteiger partial charge < -0.3 is 4.74 Å². The zero-order valence-electron chi connectivity index (χ0n) is 5.76. The van der Waals surface area contributed by atoms with Crippen molar-refractivity contribution in [2.75, 3.05) is 13.3 Å². The van der Waals surface area contributed by atoms with E-state index in [0.717, 1.165) is 0 Å². The van der Waals surface area contributed by atoms with Crippen LogP contribution in [0.3, 0.4) is 0 Å². The van der Waals surface area contributed by atoms with Gasteiger partial charge in [0.15, 0.2) is 5.75 Å². The summed E-state index contributed by atoms with van der Waals surface area (Å²) >= 11 is 0. The molecule has 1 rings (SSSR count). The maximum absolute atomic E-state index is 12.6. The van der Waals surface area contributed by atoms with Crippen LogP contribution in [0.2, 0.25) is 0 Å². The maximum atomic E-state index is 12.6. The van der Waals surface area contributed by atoms with Crippen LogP contribution in [-0.4, -0.2) is 18.3 Å². The monoisotopic (exact) mass is 159 g/mol. The van der Waals surface area contributed by atoms with E-state index >= 15 is 0 Å². The summed E-state index contributed by atoms with van der Waals surface area (Å²) in [6, 6.07) is 2.93. The van der Waals surface area contributed by atoms with Crippen molar-refractivity contribution >= 4 is 0 Å². The second-order valence-electron chi connectivity index (χ2n) is 1.83. The largest absolute Gasteiger partial charge is 0.486 e. The molecule has 0 aliphatic rings. The Morgan fingerprint density at radius 3 is 3.00 bits per heavy atom. The van der Waals surface area contributed by atoms with Crippen molar-refractivity contribution < 1.29 is 13.5 Å². The first kappa shape index (κ1) is 7.91. The zero-order chi connectivity index (χ0) is 8.10. The highest BCUT2D eigenvalue weighted by Crippen LogP contribution is 2.11. The molecule has 1 heterocycles. The van der Waals surface area contributed by atoms with Gasteiger partial charge in [0, 0.05) is 6.20 Å². The van der Waals surface area contributed by atoms with Crippen LogP contribution in [0.5, 0.6) is 5.75 Å². The van der Waals surface area contributed by atoms with Crippen molar-refractivity contribution in [1.82, 2.24) is 4.98 Å². The fraction of sp³-hybridized carbons (Fsp3) is 0.286. The van der Waals surface area contributed by atoms with Gasteiger partial charge in [-0.25, -0.2) is 9.37 Å². The van der Waals surface area contributed by atoms with Crippen LogP contribution < -0.4 is 4.74 Å². The van der Waals surface area contributed by atoms with Gasteiger partial charge >= 0.3 is 0 Å². The molecule has 0 fully saturated rings. The summed E-state index contributed by atoms with van der Waals surface area (Å²) < 4.78 is 28.8. The number of alkyl halides is 1. The molecule has 4 heteroatoms. The lowest BCUT2D eigenvalue weighted by Gasteiger charge is -2.01. The molecule has 0 aromatic carbocycles. The topological polar surface area (TPSA) is 22.1 Å². The van der Waals surface area contributed by atoms with Crippen molar-refractivity contribution in [2.45, 2.75) is 0 Å². The Kier molecular flexibility index (Phi) is 2.77. The number of ether oxygens (including phenoxy) is 1. The lowest BCUT2D eigenvalue weighted by Crippen LogP contribution is -2.01. The lowest BCUT2D eigenvalue weighted by molar-refractivity contribution is 0.259. The third kappa shape index (κ3) is 2.14. The van der Waals surface area contributed by atoms with Gasteiger partial charge in [-0.2, -0.15) is 4.39 Å². The van der Waals surface area contributed by atoms with E-state index in [2.05, 4.69) is 9.72 Å². The minimum Gasteiger partial charge on any atom is -0.486 e. The number of aromatic nitrogens is 1. The van der Waals surface area contributed by atoms with E-state index in [1.54, 1.807) is 0 Å². The maximum Gasteiger partial charge on any atom is 0.255 e. The van der Waals surface area contributed by atoms with Gasteiger partial charge in [0.1, 0.15) is 13.3 Å². The summed E-state index contributed by atoms with van der Waals surface area (Å²) in [5.41, 5.74) is 0. The van der Waals surface area contributed by atoms with Crippen molar-refractivity contribution in [3.8, 4) is 5.75 Å². The van der Waals surface area contributed by atoms with Crippen LogP contribution in [-0.2, 0) is 0 Å². The Labute approximate surface area is 62.8 Å². The molecule has 1 aromatic heterocycles. The van der Waals surface area contributed by atoms with Crippen LogP contribution >= 0.6 is 0 Å². The van der Waals surface area contributed by atoms with Crippen molar-refractivity contribution in [1.29, 1.82) is 0 Å². The van der Waals surface area contributed by atoms with Gasteiger partial charge in [-0.15, -0.1) is 0 Å². The third-order valence-electron chi connectivity index (χ3n) is 1.06. The van der Waals surface area contributed by atoms with Gasteiger partial charge in [-0.1, -0.05) is 0 Å². The van der Waals surface area contributed by atoms with Gasteiger partial charge in [0.25, 0.3) is 5.95 Å². The average Bonchev–Trinajstić information content (AvgIpc) is 2.03. The van der Waals surface area contributed by atoms with Gasteiger partial charge in [-0.3, -0.25) is 0 Å². The van der Waals surface area contributed by atoms with Crippen LogP contribution in [0.4, 0.5) is 8.78 Å². The fourth-order valence-corrected chi connectivity index (χ4v) is 0.627. The predicted octanol–water partition coefficient (Wildman–Crippen LogP) is 1.57. The lowest BCUT2D eigenvalue weighted by atomic mass is 10.4. The zero-order valence-corrected chi connectivity index (χ0v) is 5.76. The summed E-state index contributed by atoms with van der Waals surface area (Å²) in [5.74, 6) is -0.717. The predicted molar refractivity (Wildman–Crippen MR) is 35.7 cm³/mol. The smallest absolute Gasteiger partial charge is 0.255 e. The standard InChI is InChI=1S/C7H7F2NO/c8-3-5-11-6-2-1-4-10-7(6)9/h1-2,4H,3,5H2. The molecule has 0 radical (unpaired) electrons. The molecule has 0 spiro atoms. The van der Waals surface area contributed by atoms with Gasteiger partial charge in [-0.05, 0) is 12.1 Å². The Morgan fingerprint density at radius 1 is 1.55 bits per heavy atom. The van der Waals surface area contributed by atoms with E-state index in [4.69, 9.17) is 0 Å². The van der Waals surface area contributed by atoms with E-state index in [0.29, 0.717) is 0 Å². The molecule has 0 atom stereocenters. The van der Waals surface area contributed by atoms with Gasteiger partial charge in [0.2, 0.25) is 0 Å². The van der Waals surface area contributed by atoms with Crippen molar-refractivity contribution in [3.05, 3.63) is 24.3 Å². The second-order valence-corrected chi connectivity index (χ2v) is 1.83. The van der Waals surface area contributed by atoms with E-state index in [1.165, 1.54) is 18.3 Å². The van der Waals surface area contributed by atoms with E-state index in [-0.39, 0.29) is 12.4 Å². The minimum absolute atomic E-state index is 0.00912. The van der Waals surface area contributed by atoms with Crippen LogP contribution in [0.15, 0.2) is 18.3 Å². The van der Waals surface area contributed by atoms with Crippen LogP contribution in [0.25, 0.3) is 0 Å². The Balaban J connectivity index is 2.62. The molecular formula is C7H7F2NO. The molecular weight excluding hydrogens is 152 g/mol. The Hall–Kier alpha value is -1.19. The van der Waals surface area contributed by atoms with Crippen LogP contribution in [0, 0.1) is 5.95 Å². The highest BCUT2D eigenvalue weighted by atomic mass is 19.1. The molecule has 11 heavy (non-hydrogen) atoms. The Morgan fingerprint density at radius 2 is 2.36 bits per heavy atom. The quantitative estimate of drug-likeness (QED) is 0.624. The molecule has 0 amide bonds. The molecule has 0 aliphatic heterocycles. The fourth-order valence-electron chi connectivity index (χ4n) is 0.627. The highest BCUT2D eigenvalue weighted by Gasteiger charge is 2.00. The first-order chi connectivity index (χ1) is 5.34. The first-order valence-corrected chi connectivity index (χ1v) is 3.14. The number of halogens is 2. The number of hydrogen-bond acceptors (Lipinski definition) is 2. The normalized spacial score (nSPS) is 9.64. The second kappa shape index (κ2) is 3.85. The van der Waals surface area contributed by atoms with E-state index in [1.807, 2.05) is 0 Å². The summed E-state index contributed by atoms with van der Waals surface area (Å²) in [7, 11) is 0. The third-order valence-corrected chi connectivity index (χ3v) is 1.06. The minimum atomic E-state index is -0.707. The molecule has 0 saturated carbocycles. The molecule has 0 bridgehead atoms. The first-order valence-electron chi connectivity index (χ1n) is 3.14. The molecule has 0 N–H and O–H groups in total. The summed E-state index contributed by atoms with van der Waals surface area (Å²) in [5, 5.41) is 0. The number of hydrogen-bond donors (Lipinski definition) is 0. The number of pyridine rings is 1. The molecule has 60 valence electrons. The molecule has 1 aromatic rings. The molecule has 0 unspecified atom stereocenters. The molecule has 2 nitrogen and oxygen atoms in total. The summed E-state index contributed by atoms with van der Waals surface area (Å²) in [6.45, 7) is -0.767. The molecule has 0 aliphatic carbocycles. The number of rotatable bonds is 3. The summed E-state index contributed by atoms with van der Waals surface area (Å²) in [6.07, 6.45) is 1.30. The molecule has 0 saturated heterocycles. The van der Waals surface area contributed by atoms with Crippen LogP contribution in [0.1, 0.15) is 0 Å². The highest BCUT2D eigenvalue weighted by molar-refractivity contribution is 5.17. The van der Waals surface area contributed by atoms with E-state index in [9.17, 15) is 8.78 Å². The number of nitrogens with zero attached hydrogens (tertiary/aromatic N) is 1. The SMILES string of the molecule is FCCOc1cccnc1F. The summed E-state index contributed by atoms with van der Waals surface area (Å²) in [4.78, 5) is 3.32. The van der Waals surface area contributed by atoms with E-state index < -0.39 is 12.6 Å². The average molecular weight is 159 g/mol. The Bertz CT molecular complexity index is 229.